The highest BCUT2D eigenvalue weighted by molar-refractivity contribution is 9.10. The number of esters is 1. The van der Waals surface area contributed by atoms with Gasteiger partial charge in [-0.3, -0.25) is 0 Å². The minimum absolute atomic E-state index is 0.208. The van der Waals surface area contributed by atoms with Crippen molar-refractivity contribution in [3.05, 3.63) is 39.4 Å². The molecule has 1 aromatic rings. The van der Waals surface area contributed by atoms with Crippen molar-refractivity contribution in [1.82, 2.24) is 0 Å². The van der Waals surface area contributed by atoms with Gasteiger partial charge in [0.1, 0.15) is 0 Å². The van der Waals surface area contributed by atoms with Gasteiger partial charge in [0, 0.05) is 16.5 Å². The van der Waals surface area contributed by atoms with Gasteiger partial charge in [0.2, 0.25) is 0 Å². The molecule has 0 aromatic heterocycles. The normalized spacial score (nSPS) is 13.3. The molecule has 0 spiro atoms. The molecule has 2 rings (SSSR count). The molecule has 0 unspecified atom stereocenters. The van der Waals surface area contributed by atoms with Crippen molar-refractivity contribution in [2.45, 2.75) is 13.3 Å². The summed E-state index contributed by atoms with van der Waals surface area (Å²) in [6.45, 7) is 2.24. The summed E-state index contributed by atoms with van der Waals surface area (Å²) < 4.78 is 6.03. The Balaban J connectivity index is 2.25. The van der Waals surface area contributed by atoms with E-state index in [4.69, 9.17) is 4.74 Å². The summed E-state index contributed by atoms with van der Waals surface area (Å²) in [4.78, 5) is 11.5. The van der Waals surface area contributed by atoms with E-state index in [0.717, 1.165) is 15.6 Å². The lowest BCUT2D eigenvalue weighted by Crippen LogP contribution is -2.07. The highest BCUT2D eigenvalue weighted by Crippen LogP contribution is 2.31. The van der Waals surface area contributed by atoms with Crippen molar-refractivity contribution in [1.29, 1.82) is 0 Å². The van der Waals surface area contributed by atoms with Crippen molar-refractivity contribution >= 4 is 28.0 Å². The van der Waals surface area contributed by atoms with Gasteiger partial charge in [-0.05, 0) is 30.2 Å². The number of hydrogen-bond acceptors (Lipinski definition) is 2. The first-order valence-corrected chi connectivity index (χ1v) is 5.66. The molecule has 1 aliphatic rings. The number of hydrogen-bond donors (Lipinski definition) is 0. The number of rotatable bonds is 2. The number of carbonyl (C=O) groups excluding carboxylic acids is 1. The zero-order valence-corrected chi connectivity index (χ0v) is 10.0. The van der Waals surface area contributed by atoms with E-state index in [1.165, 1.54) is 5.56 Å². The van der Waals surface area contributed by atoms with E-state index >= 15 is 0 Å². The predicted octanol–water partition coefficient (Wildman–Crippen LogP) is 2.95. The summed E-state index contributed by atoms with van der Waals surface area (Å²) in [6.07, 6.45) is 2.56. The van der Waals surface area contributed by atoms with E-state index in [0.29, 0.717) is 13.0 Å². The second kappa shape index (κ2) is 4.19. The number of halogens is 1. The summed E-state index contributed by atoms with van der Waals surface area (Å²) in [6, 6.07) is 5.96. The standard InChI is InChI=1S/C12H11BrO2/c1-2-15-12(14)9-6-8-4-3-5-11(13)10(8)7-9/h3-6H,2,7H2,1H3. The fraction of sp³-hybridized carbons (Fsp3) is 0.250. The average Bonchev–Trinajstić information content (AvgIpc) is 2.63. The maximum Gasteiger partial charge on any atom is 0.334 e. The van der Waals surface area contributed by atoms with E-state index in [9.17, 15) is 4.79 Å². The first kappa shape index (κ1) is 10.4. The molecule has 0 aliphatic heterocycles. The zero-order valence-electron chi connectivity index (χ0n) is 8.42. The fourth-order valence-corrected chi connectivity index (χ4v) is 2.20. The fourth-order valence-electron chi connectivity index (χ4n) is 1.68. The Kier molecular flexibility index (Phi) is 2.91. The molecule has 0 amide bonds. The molecular formula is C12H11BrO2. The Bertz CT molecular complexity index is 435. The van der Waals surface area contributed by atoms with Crippen molar-refractivity contribution in [3.8, 4) is 0 Å². The first-order chi connectivity index (χ1) is 7.22. The third kappa shape index (κ3) is 1.97. The zero-order chi connectivity index (χ0) is 10.8. The van der Waals surface area contributed by atoms with Crippen molar-refractivity contribution in [2.24, 2.45) is 0 Å². The third-order valence-electron chi connectivity index (χ3n) is 2.39. The quantitative estimate of drug-likeness (QED) is 0.770. The van der Waals surface area contributed by atoms with Gasteiger partial charge in [-0.1, -0.05) is 28.1 Å². The molecular weight excluding hydrogens is 256 g/mol. The molecule has 0 saturated carbocycles. The Hall–Kier alpha value is -1.09. The molecule has 3 heteroatoms. The Morgan fingerprint density at radius 2 is 2.33 bits per heavy atom. The van der Waals surface area contributed by atoms with Crippen LogP contribution in [0.3, 0.4) is 0 Å². The number of fused-ring (bicyclic) bond motifs is 1. The minimum Gasteiger partial charge on any atom is -0.463 e. The maximum absolute atomic E-state index is 11.5. The van der Waals surface area contributed by atoms with Crippen LogP contribution < -0.4 is 0 Å². The summed E-state index contributed by atoms with van der Waals surface area (Å²) >= 11 is 3.48. The summed E-state index contributed by atoms with van der Waals surface area (Å²) in [5.74, 6) is -0.208. The molecule has 0 N–H and O–H groups in total. The summed E-state index contributed by atoms with van der Waals surface area (Å²) in [7, 11) is 0. The highest BCUT2D eigenvalue weighted by Gasteiger charge is 2.20. The van der Waals surface area contributed by atoms with Crippen molar-refractivity contribution in [2.75, 3.05) is 6.61 Å². The smallest absolute Gasteiger partial charge is 0.334 e. The van der Waals surface area contributed by atoms with Crippen LogP contribution in [-0.2, 0) is 16.0 Å². The molecule has 0 radical (unpaired) electrons. The number of ether oxygens (including phenoxy) is 1. The van der Waals surface area contributed by atoms with Gasteiger partial charge in [-0.25, -0.2) is 4.79 Å². The molecule has 78 valence electrons. The predicted molar refractivity (Wildman–Crippen MR) is 62.5 cm³/mol. The van der Waals surface area contributed by atoms with Crippen LogP contribution >= 0.6 is 15.9 Å². The lowest BCUT2D eigenvalue weighted by atomic mass is 10.1. The molecule has 1 aromatic carbocycles. The second-order valence-electron chi connectivity index (χ2n) is 3.37. The van der Waals surface area contributed by atoms with E-state index in [2.05, 4.69) is 15.9 Å². The van der Waals surface area contributed by atoms with Crippen LogP contribution in [0.15, 0.2) is 28.2 Å². The van der Waals surface area contributed by atoms with Crippen LogP contribution in [0, 0.1) is 0 Å². The van der Waals surface area contributed by atoms with Gasteiger partial charge in [0.25, 0.3) is 0 Å². The van der Waals surface area contributed by atoms with Gasteiger partial charge in [-0.15, -0.1) is 0 Å². The summed E-state index contributed by atoms with van der Waals surface area (Å²) in [5, 5.41) is 0. The molecule has 0 bridgehead atoms. The monoisotopic (exact) mass is 266 g/mol. The van der Waals surface area contributed by atoms with Crippen molar-refractivity contribution < 1.29 is 9.53 Å². The first-order valence-electron chi connectivity index (χ1n) is 4.87. The van der Waals surface area contributed by atoms with Crippen LogP contribution in [0.4, 0.5) is 0 Å². The molecule has 1 aliphatic carbocycles. The highest BCUT2D eigenvalue weighted by atomic mass is 79.9. The van der Waals surface area contributed by atoms with E-state index in [1.807, 2.05) is 31.2 Å². The Morgan fingerprint density at radius 1 is 1.53 bits per heavy atom. The van der Waals surface area contributed by atoms with Gasteiger partial charge in [-0.2, -0.15) is 0 Å². The van der Waals surface area contributed by atoms with E-state index < -0.39 is 0 Å². The van der Waals surface area contributed by atoms with Gasteiger partial charge >= 0.3 is 5.97 Å². The van der Waals surface area contributed by atoms with Crippen LogP contribution in [0.2, 0.25) is 0 Å². The van der Waals surface area contributed by atoms with Crippen LogP contribution in [-0.4, -0.2) is 12.6 Å². The number of benzene rings is 1. The van der Waals surface area contributed by atoms with Gasteiger partial charge < -0.3 is 4.74 Å². The molecule has 15 heavy (non-hydrogen) atoms. The average molecular weight is 267 g/mol. The second-order valence-corrected chi connectivity index (χ2v) is 4.23. The summed E-state index contributed by atoms with van der Waals surface area (Å²) in [5.41, 5.74) is 3.01. The van der Waals surface area contributed by atoms with E-state index in [-0.39, 0.29) is 5.97 Å². The Labute approximate surface area is 97.1 Å². The Morgan fingerprint density at radius 3 is 3.00 bits per heavy atom. The number of carbonyl (C=O) groups is 1. The van der Waals surface area contributed by atoms with Gasteiger partial charge in [0.05, 0.1) is 6.61 Å². The lowest BCUT2D eigenvalue weighted by Gasteiger charge is -2.02. The maximum atomic E-state index is 11.5. The SMILES string of the molecule is CCOC(=O)C1=Cc2cccc(Br)c2C1. The van der Waals surface area contributed by atoms with Crippen LogP contribution in [0.25, 0.3) is 6.08 Å². The molecule has 0 saturated heterocycles. The van der Waals surface area contributed by atoms with E-state index in [1.54, 1.807) is 0 Å². The topological polar surface area (TPSA) is 26.3 Å². The molecule has 2 nitrogen and oxygen atoms in total. The van der Waals surface area contributed by atoms with Crippen molar-refractivity contribution in [3.63, 3.8) is 0 Å². The van der Waals surface area contributed by atoms with Gasteiger partial charge in [0.15, 0.2) is 0 Å². The minimum atomic E-state index is -0.208. The lowest BCUT2D eigenvalue weighted by molar-refractivity contribution is -0.138. The molecule has 0 heterocycles. The largest absolute Gasteiger partial charge is 0.463 e. The molecule has 0 atom stereocenters. The van der Waals surface area contributed by atoms with Crippen LogP contribution in [0.5, 0.6) is 0 Å². The third-order valence-corrected chi connectivity index (χ3v) is 3.13. The van der Waals surface area contributed by atoms with Crippen LogP contribution in [0.1, 0.15) is 18.1 Å². The molecule has 0 fully saturated rings.